The van der Waals surface area contributed by atoms with Crippen molar-refractivity contribution >= 4 is 5.91 Å². The third-order valence-corrected chi connectivity index (χ3v) is 5.08. The first-order valence-corrected chi connectivity index (χ1v) is 8.20. The van der Waals surface area contributed by atoms with E-state index in [0.717, 1.165) is 18.3 Å². The van der Waals surface area contributed by atoms with Crippen molar-refractivity contribution in [3.05, 3.63) is 17.5 Å². The highest BCUT2D eigenvalue weighted by Gasteiger charge is 2.32. The molecular weight excluding hydrogens is 264 g/mol. The number of amides is 1. The molecule has 0 aromatic carbocycles. The molecule has 0 radical (unpaired) electrons. The number of likely N-dealkylation sites (tertiary alicyclic amines) is 1. The first kappa shape index (κ1) is 14.6. The number of aryl methyl sites for hydroxylation is 1. The number of H-pyrrole nitrogens is 1. The number of hydrogen-bond acceptors (Lipinski definition) is 3. The molecule has 3 rings (SSSR count). The lowest BCUT2D eigenvalue weighted by atomic mass is 9.85. The zero-order chi connectivity index (χ0) is 14.8. The normalized spacial score (nSPS) is 25.3. The van der Waals surface area contributed by atoms with Crippen LogP contribution in [0.1, 0.15) is 55.2 Å². The Balaban J connectivity index is 1.54. The average molecular weight is 290 g/mol. The second-order valence-corrected chi connectivity index (χ2v) is 6.68. The van der Waals surface area contributed by atoms with Gasteiger partial charge in [0, 0.05) is 24.3 Å². The summed E-state index contributed by atoms with van der Waals surface area (Å²) in [5.41, 5.74) is 1.41. The predicted molar refractivity (Wildman–Crippen MR) is 82.2 cm³/mol. The van der Waals surface area contributed by atoms with Crippen LogP contribution in [0.25, 0.3) is 0 Å². The van der Waals surface area contributed by atoms with E-state index in [1.54, 1.807) is 6.07 Å². The molecule has 21 heavy (non-hydrogen) atoms. The molecule has 1 aromatic rings. The lowest BCUT2D eigenvalue weighted by molar-refractivity contribution is 0.0634. The summed E-state index contributed by atoms with van der Waals surface area (Å²) in [6, 6.07) is 2.81. The fourth-order valence-electron chi connectivity index (χ4n) is 3.46. The van der Waals surface area contributed by atoms with Gasteiger partial charge in [-0.2, -0.15) is 5.10 Å². The molecule has 1 amide bonds. The van der Waals surface area contributed by atoms with Crippen LogP contribution in [0.2, 0.25) is 0 Å². The molecule has 2 fully saturated rings. The standard InChI is InChI=1S/C16H26N4O/c1-11-9-15(19-18-11)16(21)17-12(2)13-5-4-8-20(10-13)14-6-3-7-14/h9,12-14H,3-8,10H2,1-2H3,(H,17,21)(H,18,19)/t12-,13+/m1/s1. The summed E-state index contributed by atoms with van der Waals surface area (Å²) >= 11 is 0. The molecule has 0 spiro atoms. The van der Waals surface area contributed by atoms with Gasteiger partial charge in [-0.25, -0.2) is 0 Å². The molecule has 2 heterocycles. The van der Waals surface area contributed by atoms with Gasteiger partial charge in [0.05, 0.1) is 0 Å². The molecular formula is C16H26N4O. The Morgan fingerprint density at radius 2 is 2.24 bits per heavy atom. The molecule has 0 unspecified atom stereocenters. The third-order valence-electron chi connectivity index (χ3n) is 5.08. The van der Waals surface area contributed by atoms with Gasteiger partial charge in [0.2, 0.25) is 0 Å². The summed E-state index contributed by atoms with van der Waals surface area (Å²) in [4.78, 5) is 14.8. The molecule has 2 atom stereocenters. The van der Waals surface area contributed by atoms with Crippen LogP contribution in [-0.4, -0.2) is 46.2 Å². The number of nitrogens with zero attached hydrogens (tertiary/aromatic N) is 2. The molecule has 2 aliphatic rings. The SMILES string of the molecule is Cc1cc(C(=O)N[C@H](C)[C@H]2CCCN(C3CCC3)C2)n[nH]1. The third kappa shape index (κ3) is 3.28. The van der Waals surface area contributed by atoms with Crippen molar-refractivity contribution in [3.8, 4) is 0 Å². The second-order valence-electron chi connectivity index (χ2n) is 6.68. The molecule has 5 nitrogen and oxygen atoms in total. The topological polar surface area (TPSA) is 61.0 Å². The van der Waals surface area contributed by atoms with Crippen molar-refractivity contribution in [1.82, 2.24) is 20.4 Å². The van der Waals surface area contributed by atoms with E-state index >= 15 is 0 Å². The number of carbonyl (C=O) groups is 1. The summed E-state index contributed by atoms with van der Waals surface area (Å²) in [6.07, 6.45) is 6.57. The first-order valence-electron chi connectivity index (χ1n) is 8.20. The molecule has 5 heteroatoms. The number of hydrogen-bond donors (Lipinski definition) is 2. The molecule has 1 aromatic heterocycles. The summed E-state index contributed by atoms with van der Waals surface area (Å²) in [5.74, 6) is 0.496. The van der Waals surface area contributed by atoms with Gasteiger partial charge in [-0.3, -0.25) is 9.89 Å². The molecule has 1 aliphatic carbocycles. The van der Waals surface area contributed by atoms with Crippen LogP contribution >= 0.6 is 0 Å². The number of aromatic amines is 1. The van der Waals surface area contributed by atoms with Crippen LogP contribution in [-0.2, 0) is 0 Å². The monoisotopic (exact) mass is 290 g/mol. The summed E-state index contributed by atoms with van der Waals surface area (Å²) in [6.45, 7) is 6.41. The van der Waals surface area contributed by atoms with Crippen molar-refractivity contribution in [2.24, 2.45) is 5.92 Å². The van der Waals surface area contributed by atoms with E-state index in [1.165, 1.54) is 38.6 Å². The number of piperidine rings is 1. The molecule has 1 saturated heterocycles. The lowest BCUT2D eigenvalue weighted by Gasteiger charge is -2.43. The first-order chi connectivity index (χ1) is 10.1. The Morgan fingerprint density at radius 1 is 1.43 bits per heavy atom. The maximum atomic E-state index is 12.2. The Morgan fingerprint density at radius 3 is 2.86 bits per heavy atom. The van der Waals surface area contributed by atoms with Gasteiger partial charge >= 0.3 is 0 Å². The van der Waals surface area contributed by atoms with Gasteiger partial charge in [-0.05, 0) is 58.1 Å². The van der Waals surface area contributed by atoms with Gasteiger partial charge in [0.25, 0.3) is 5.91 Å². The molecule has 2 N–H and O–H groups in total. The Labute approximate surface area is 126 Å². The van der Waals surface area contributed by atoms with Crippen molar-refractivity contribution in [1.29, 1.82) is 0 Å². The van der Waals surface area contributed by atoms with Crippen LogP contribution in [0.15, 0.2) is 6.07 Å². The summed E-state index contributed by atoms with van der Waals surface area (Å²) < 4.78 is 0. The Kier molecular flexibility index (Phi) is 4.29. The van der Waals surface area contributed by atoms with E-state index in [9.17, 15) is 4.79 Å². The average Bonchev–Trinajstić information content (AvgIpc) is 2.84. The Hall–Kier alpha value is -1.36. The predicted octanol–water partition coefficient (Wildman–Crippen LogP) is 2.10. The fourth-order valence-corrected chi connectivity index (χ4v) is 3.46. The minimum atomic E-state index is -0.0624. The van der Waals surface area contributed by atoms with Gasteiger partial charge in [0.1, 0.15) is 5.69 Å². The zero-order valence-electron chi connectivity index (χ0n) is 13.1. The van der Waals surface area contributed by atoms with Crippen molar-refractivity contribution in [2.45, 2.75) is 58.0 Å². The van der Waals surface area contributed by atoms with Crippen LogP contribution < -0.4 is 5.32 Å². The highest BCUT2D eigenvalue weighted by atomic mass is 16.2. The van der Waals surface area contributed by atoms with E-state index in [2.05, 4.69) is 27.3 Å². The van der Waals surface area contributed by atoms with Gasteiger partial charge in [-0.15, -0.1) is 0 Å². The van der Waals surface area contributed by atoms with Crippen molar-refractivity contribution in [3.63, 3.8) is 0 Å². The minimum Gasteiger partial charge on any atom is -0.348 e. The van der Waals surface area contributed by atoms with Crippen LogP contribution in [0.4, 0.5) is 0 Å². The van der Waals surface area contributed by atoms with E-state index in [0.29, 0.717) is 11.6 Å². The van der Waals surface area contributed by atoms with Crippen molar-refractivity contribution < 1.29 is 4.79 Å². The lowest BCUT2D eigenvalue weighted by Crippen LogP contribution is -2.50. The highest BCUT2D eigenvalue weighted by molar-refractivity contribution is 5.92. The maximum Gasteiger partial charge on any atom is 0.271 e. The molecule has 0 bridgehead atoms. The highest BCUT2D eigenvalue weighted by Crippen LogP contribution is 2.30. The van der Waals surface area contributed by atoms with Gasteiger partial charge in [0.15, 0.2) is 0 Å². The van der Waals surface area contributed by atoms with E-state index in [4.69, 9.17) is 0 Å². The van der Waals surface area contributed by atoms with Crippen molar-refractivity contribution in [2.75, 3.05) is 13.1 Å². The number of nitrogens with one attached hydrogen (secondary N) is 2. The molecule has 1 saturated carbocycles. The van der Waals surface area contributed by atoms with Gasteiger partial charge < -0.3 is 10.2 Å². The summed E-state index contributed by atoms with van der Waals surface area (Å²) in [7, 11) is 0. The smallest absolute Gasteiger partial charge is 0.271 e. The number of rotatable bonds is 4. The number of aromatic nitrogens is 2. The van der Waals surface area contributed by atoms with E-state index < -0.39 is 0 Å². The molecule has 116 valence electrons. The van der Waals surface area contributed by atoms with E-state index in [1.807, 2.05) is 6.92 Å². The number of carbonyl (C=O) groups excluding carboxylic acids is 1. The largest absolute Gasteiger partial charge is 0.348 e. The van der Waals surface area contributed by atoms with Gasteiger partial charge in [-0.1, -0.05) is 6.42 Å². The second kappa shape index (κ2) is 6.18. The zero-order valence-corrected chi connectivity index (χ0v) is 13.1. The summed E-state index contributed by atoms with van der Waals surface area (Å²) in [5, 5.41) is 9.98. The quantitative estimate of drug-likeness (QED) is 0.892. The fraction of sp³-hybridized carbons (Fsp3) is 0.750. The minimum absolute atomic E-state index is 0.0624. The van der Waals surface area contributed by atoms with Crippen LogP contribution in [0.5, 0.6) is 0 Å². The van der Waals surface area contributed by atoms with Crippen LogP contribution in [0, 0.1) is 12.8 Å². The Bertz CT molecular complexity index is 494. The van der Waals surface area contributed by atoms with Crippen LogP contribution in [0.3, 0.4) is 0 Å². The molecule has 1 aliphatic heterocycles. The maximum absolute atomic E-state index is 12.2. The van der Waals surface area contributed by atoms with E-state index in [-0.39, 0.29) is 11.9 Å².